The van der Waals surface area contributed by atoms with Crippen LogP contribution in [0.2, 0.25) is 0 Å². The lowest BCUT2D eigenvalue weighted by atomic mass is 9.73. The molecule has 2 aliphatic rings. The Morgan fingerprint density at radius 1 is 0.348 bits per heavy atom. The van der Waals surface area contributed by atoms with Gasteiger partial charge in [0, 0.05) is 27.5 Å². The first-order valence-electron chi connectivity index (χ1n) is 22.1. The Balaban J connectivity index is 1.21. The molecule has 7 nitrogen and oxygen atoms in total. The number of hydrogen-bond donors (Lipinski definition) is 0. The molecule has 9 aromatic rings. The van der Waals surface area contributed by atoms with E-state index >= 15 is 0 Å². The first-order valence-corrected chi connectivity index (χ1v) is 22.1. The zero-order valence-corrected chi connectivity index (χ0v) is 37.0. The van der Waals surface area contributed by atoms with Crippen LogP contribution < -0.4 is 9.80 Å². The number of benzene rings is 8. The minimum Gasteiger partial charge on any atom is -0.309 e. The fourth-order valence-corrected chi connectivity index (χ4v) is 10.0. The van der Waals surface area contributed by atoms with Crippen molar-refractivity contribution in [2.45, 2.75) is 38.5 Å². The Kier molecular flexibility index (Phi) is 9.46. The molecule has 0 fully saturated rings. The fourth-order valence-electron chi connectivity index (χ4n) is 10.0. The van der Waals surface area contributed by atoms with Crippen LogP contribution in [0.25, 0.3) is 45.3 Å². The molecule has 7 heteroatoms. The molecule has 0 N–H and O–H groups in total. The summed E-state index contributed by atoms with van der Waals surface area (Å²) >= 11 is 0. The van der Waals surface area contributed by atoms with Gasteiger partial charge in [0.1, 0.15) is 0 Å². The third kappa shape index (κ3) is 6.44. The van der Waals surface area contributed by atoms with Crippen LogP contribution in [0, 0.1) is 22.7 Å². The van der Waals surface area contributed by atoms with Crippen molar-refractivity contribution in [2.75, 3.05) is 9.80 Å². The molecule has 314 valence electrons. The minimum atomic E-state index is -0.285. The van der Waals surface area contributed by atoms with Gasteiger partial charge < -0.3 is 9.80 Å². The molecule has 0 saturated heterocycles. The Morgan fingerprint density at radius 2 is 0.788 bits per heavy atom. The summed E-state index contributed by atoms with van der Waals surface area (Å²) in [7, 11) is 0. The van der Waals surface area contributed by atoms with E-state index in [1.165, 1.54) is 22.3 Å². The summed E-state index contributed by atoms with van der Waals surface area (Å²) < 4.78 is 0. The second kappa shape index (κ2) is 15.6. The predicted molar refractivity (Wildman–Crippen MR) is 265 cm³/mol. The largest absolute Gasteiger partial charge is 0.309 e. The SMILES string of the molecule is CC1(C)c2ccccc2N(c2ccc(-c3cccc(C#N)c3)cc2-c2nc(-c3ccccc3)nc(-c3ccc(C#N)cc3N3c4ccccc4C(C)(C)c4ccccc43)n2)c2ccccc21. The van der Waals surface area contributed by atoms with Crippen LogP contribution in [0.4, 0.5) is 34.1 Å². The van der Waals surface area contributed by atoms with Gasteiger partial charge in [-0.2, -0.15) is 10.5 Å². The van der Waals surface area contributed by atoms with E-state index in [1.807, 2.05) is 72.8 Å². The lowest BCUT2D eigenvalue weighted by Gasteiger charge is -2.42. The van der Waals surface area contributed by atoms with Crippen molar-refractivity contribution in [3.8, 4) is 57.4 Å². The van der Waals surface area contributed by atoms with Gasteiger partial charge in [0.15, 0.2) is 17.5 Å². The normalized spacial score (nSPS) is 13.9. The van der Waals surface area contributed by atoms with Gasteiger partial charge in [-0.05, 0) is 100 Å². The topological polar surface area (TPSA) is 92.7 Å². The highest BCUT2D eigenvalue weighted by molar-refractivity contribution is 5.95. The molecule has 0 amide bonds. The Bertz CT molecular complexity index is 3380. The molecule has 8 aromatic carbocycles. The van der Waals surface area contributed by atoms with E-state index in [4.69, 9.17) is 15.0 Å². The quantitative estimate of drug-likeness (QED) is 0.164. The third-order valence-corrected chi connectivity index (χ3v) is 13.4. The number of aromatic nitrogens is 3. The molecule has 0 unspecified atom stereocenters. The summed E-state index contributed by atoms with van der Waals surface area (Å²) in [4.78, 5) is 20.8. The summed E-state index contributed by atoms with van der Waals surface area (Å²) in [6.45, 7) is 9.10. The van der Waals surface area contributed by atoms with Crippen LogP contribution in [0.3, 0.4) is 0 Å². The van der Waals surface area contributed by atoms with Crippen molar-refractivity contribution >= 4 is 34.1 Å². The summed E-state index contributed by atoms with van der Waals surface area (Å²) in [5.41, 5.74) is 15.3. The standard InChI is InChI=1S/C59H43N7/c1-58(2)45-21-8-12-25-50(45)65(51-26-13-9-22-46(51)58)49-32-30-42(41-20-16-17-38(33-41)36-60)35-44(49)57-63-55(40-18-6-5-7-19-40)62-56(64-57)43-31-29-39(37-61)34-54(43)66-52-27-14-10-23-47(52)59(3,4)48-24-11-15-28-53(48)66/h5-35H,1-4H3. The highest BCUT2D eigenvalue weighted by atomic mass is 15.2. The smallest absolute Gasteiger partial charge is 0.166 e. The molecule has 11 rings (SSSR count). The van der Waals surface area contributed by atoms with Crippen molar-refractivity contribution < 1.29 is 0 Å². The highest BCUT2D eigenvalue weighted by Crippen LogP contribution is 2.55. The van der Waals surface area contributed by atoms with Gasteiger partial charge in [0.05, 0.1) is 57.4 Å². The van der Waals surface area contributed by atoms with Crippen molar-refractivity contribution in [1.82, 2.24) is 15.0 Å². The number of fused-ring (bicyclic) bond motifs is 4. The highest BCUT2D eigenvalue weighted by Gasteiger charge is 2.39. The summed E-state index contributed by atoms with van der Waals surface area (Å²) in [6.07, 6.45) is 0. The lowest BCUT2D eigenvalue weighted by molar-refractivity contribution is 0.632. The monoisotopic (exact) mass is 849 g/mol. The maximum atomic E-state index is 10.4. The van der Waals surface area contributed by atoms with E-state index in [0.717, 1.165) is 61.9 Å². The molecule has 0 saturated carbocycles. The van der Waals surface area contributed by atoms with Crippen LogP contribution in [-0.4, -0.2) is 15.0 Å². The number of anilines is 6. The lowest BCUT2D eigenvalue weighted by Crippen LogP contribution is -2.30. The molecule has 66 heavy (non-hydrogen) atoms. The first-order chi connectivity index (χ1) is 32.1. The molecular formula is C59H43N7. The predicted octanol–water partition coefficient (Wildman–Crippen LogP) is 14.5. The van der Waals surface area contributed by atoms with Crippen LogP contribution in [0.15, 0.2) is 188 Å². The van der Waals surface area contributed by atoms with Crippen LogP contribution in [-0.2, 0) is 10.8 Å². The van der Waals surface area contributed by atoms with Crippen LogP contribution in [0.1, 0.15) is 61.1 Å². The van der Waals surface area contributed by atoms with Gasteiger partial charge in [0.2, 0.25) is 0 Å². The van der Waals surface area contributed by atoms with E-state index in [0.29, 0.717) is 28.6 Å². The van der Waals surface area contributed by atoms with Gasteiger partial charge in [-0.1, -0.05) is 149 Å². The number of nitrogens with zero attached hydrogens (tertiary/aromatic N) is 7. The molecule has 0 bridgehead atoms. The summed E-state index contributed by atoms with van der Waals surface area (Å²) in [5, 5.41) is 20.4. The van der Waals surface area contributed by atoms with Crippen molar-refractivity contribution in [3.05, 3.63) is 221 Å². The van der Waals surface area contributed by atoms with E-state index in [2.05, 4.69) is 165 Å². The molecular weight excluding hydrogens is 807 g/mol. The first kappa shape index (κ1) is 40.1. The maximum Gasteiger partial charge on any atom is 0.166 e. The Morgan fingerprint density at radius 3 is 1.33 bits per heavy atom. The zero-order valence-electron chi connectivity index (χ0n) is 37.0. The van der Waals surface area contributed by atoms with Crippen molar-refractivity contribution in [3.63, 3.8) is 0 Å². The number of hydrogen-bond acceptors (Lipinski definition) is 7. The van der Waals surface area contributed by atoms with Gasteiger partial charge in [0.25, 0.3) is 0 Å². The summed E-state index contributed by atoms with van der Waals surface area (Å²) in [5.74, 6) is 1.44. The molecule has 0 radical (unpaired) electrons. The fraction of sp³-hybridized carbons (Fsp3) is 0.102. The average molecular weight is 850 g/mol. The van der Waals surface area contributed by atoms with Gasteiger partial charge in [-0.3, -0.25) is 0 Å². The van der Waals surface area contributed by atoms with E-state index in [9.17, 15) is 10.5 Å². The second-order valence-corrected chi connectivity index (χ2v) is 17.9. The molecule has 3 heterocycles. The molecule has 0 aliphatic carbocycles. The minimum absolute atomic E-state index is 0.269. The number of nitriles is 2. The summed E-state index contributed by atoms with van der Waals surface area (Å²) in [6, 6.07) is 68.8. The van der Waals surface area contributed by atoms with Crippen LogP contribution >= 0.6 is 0 Å². The second-order valence-electron chi connectivity index (χ2n) is 17.9. The molecule has 0 spiro atoms. The number of rotatable bonds is 6. The van der Waals surface area contributed by atoms with Crippen molar-refractivity contribution in [1.29, 1.82) is 10.5 Å². The van der Waals surface area contributed by atoms with Gasteiger partial charge in [-0.25, -0.2) is 15.0 Å². The van der Waals surface area contributed by atoms with Gasteiger partial charge >= 0.3 is 0 Å². The number of para-hydroxylation sites is 4. The van der Waals surface area contributed by atoms with Crippen molar-refractivity contribution in [2.24, 2.45) is 0 Å². The van der Waals surface area contributed by atoms with E-state index in [-0.39, 0.29) is 10.8 Å². The van der Waals surface area contributed by atoms with Gasteiger partial charge in [-0.15, -0.1) is 0 Å². The average Bonchev–Trinajstić information content (AvgIpc) is 3.37. The third-order valence-electron chi connectivity index (χ3n) is 13.4. The van der Waals surface area contributed by atoms with E-state index < -0.39 is 0 Å². The molecule has 0 atom stereocenters. The zero-order chi connectivity index (χ0) is 45.2. The molecule has 2 aliphatic heterocycles. The van der Waals surface area contributed by atoms with E-state index in [1.54, 1.807) is 0 Å². The Labute approximate surface area is 385 Å². The molecule has 1 aromatic heterocycles. The Hall–Kier alpha value is -8.65. The maximum absolute atomic E-state index is 10.4. The van der Waals surface area contributed by atoms with Crippen LogP contribution in [0.5, 0.6) is 0 Å².